The minimum absolute atomic E-state index is 0.0254. The summed E-state index contributed by atoms with van der Waals surface area (Å²) in [5.41, 5.74) is 3.78. The first-order valence-electron chi connectivity index (χ1n) is 11.7. The molecule has 0 aliphatic carbocycles. The molecule has 0 aromatic heterocycles. The number of likely N-dealkylation sites (tertiary alicyclic amines) is 1. The van der Waals surface area contributed by atoms with Gasteiger partial charge in [-0.1, -0.05) is 72.8 Å². The summed E-state index contributed by atoms with van der Waals surface area (Å²) in [5.74, 6) is 0.285. The summed E-state index contributed by atoms with van der Waals surface area (Å²) < 4.78 is 0. The number of Topliss-reactive ketones (excluding diaryl/α,β-unsaturated/α-hetero) is 1. The van der Waals surface area contributed by atoms with Crippen molar-refractivity contribution >= 4 is 11.7 Å². The van der Waals surface area contributed by atoms with Crippen LogP contribution in [0.3, 0.4) is 0 Å². The maximum Gasteiger partial charge on any atom is 0.253 e. The van der Waals surface area contributed by atoms with Crippen LogP contribution in [-0.2, 0) is 23.3 Å². The predicted molar refractivity (Wildman–Crippen MR) is 132 cm³/mol. The molecule has 1 heterocycles. The van der Waals surface area contributed by atoms with Crippen LogP contribution >= 0.6 is 0 Å². The molecular formula is C29H32N2O2. The predicted octanol–water partition coefficient (Wildman–Crippen LogP) is 5.08. The third-order valence-corrected chi connectivity index (χ3v) is 6.93. The van der Waals surface area contributed by atoms with Crippen LogP contribution in [-0.4, -0.2) is 41.6 Å². The van der Waals surface area contributed by atoms with Crippen molar-refractivity contribution in [3.05, 3.63) is 107 Å². The molecule has 0 unspecified atom stereocenters. The Kier molecular flexibility index (Phi) is 7.05. The molecule has 0 atom stereocenters. The fourth-order valence-electron chi connectivity index (χ4n) is 4.85. The summed E-state index contributed by atoms with van der Waals surface area (Å²) in [6, 6.07) is 28.2. The van der Waals surface area contributed by atoms with Crippen LogP contribution in [0.1, 0.15) is 46.8 Å². The Morgan fingerprint density at radius 2 is 1.39 bits per heavy atom. The highest BCUT2D eigenvalue weighted by atomic mass is 16.2. The number of ketones is 1. The average Bonchev–Trinajstić information content (AvgIpc) is 2.85. The Hall–Kier alpha value is -3.24. The van der Waals surface area contributed by atoms with Gasteiger partial charge < -0.3 is 4.90 Å². The molecule has 4 nitrogen and oxygen atoms in total. The Bertz CT molecular complexity index is 1070. The van der Waals surface area contributed by atoms with Crippen LogP contribution in [0.15, 0.2) is 84.9 Å². The van der Waals surface area contributed by atoms with Crippen LogP contribution < -0.4 is 0 Å². The third kappa shape index (κ3) is 5.23. The first kappa shape index (κ1) is 22.9. The van der Waals surface area contributed by atoms with Crippen molar-refractivity contribution in [3.8, 4) is 0 Å². The molecule has 0 spiro atoms. The second kappa shape index (κ2) is 10.1. The van der Waals surface area contributed by atoms with Gasteiger partial charge in [-0.3, -0.25) is 14.5 Å². The number of amides is 1. The maximum absolute atomic E-state index is 12.8. The molecule has 4 rings (SSSR count). The van der Waals surface area contributed by atoms with Gasteiger partial charge in [-0.25, -0.2) is 0 Å². The van der Waals surface area contributed by atoms with E-state index in [1.165, 1.54) is 5.56 Å². The van der Waals surface area contributed by atoms with Crippen LogP contribution in [0.2, 0.25) is 0 Å². The van der Waals surface area contributed by atoms with Gasteiger partial charge >= 0.3 is 0 Å². The number of hydrogen-bond donors (Lipinski definition) is 0. The summed E-state index contributed by atoms with van der Waals surface area (Å²) in [4.78, 5) is 29.6. The molecule has 0 saturated carbocycles. The number of hydrogen-bond acceptors (Lipinski definition) is 3. The fraction of sp³-hybridized carbons (Fsp3) is 0.310. The molecule has 170 valence electrons. The largest absolute Gasteiger partial charge is 0.337 e. The second-order valence-electron chi connectivity index (χ2n) is 9.12. The van der Waals surface area contributed by atoms with E-state index in [1.54, 1.807) is 11.8 Å². The van der Waals surface area contributed by atoms with Crippen molar-refractivity contribution in [2.75, 3.05) is 20.1 Å². The summed E-state index contributed by atoms with van der Waals surface area (Å²) in [7, 11) is 1.84. The van der Waals surface area contributed by atoms with E-state index in [4.69, 9.17) is 0 Å². The van der Waals surface area contributed by atoms with E-state index < -0.39 is 0 Å². The van der Waals surface area contributed by atoms with E-state index >= 15 is 0 Å². The number of carbonyl (C=O) groups excluding carboxylic acids is 2. The number of carbonyl (C=O) groups is 2. The van der Waals surface area contributed by atoms with E-state index in [0.717, 1.165) is 43.6 Å². The molecule has 0 bridgehead atoms. The van der Waals surface area contributed by atoms with E-state index in [2.05, 4.69) is 17.0 Å². The molecule has 4 heteroatoms. The van der Waals surface area contributed by atoms with Crippen molar-refractivity contribution in [1.82, 2.24) is 9.80 Å². The van der Waals surface area contributed by atoms with E-state index in [0.29, 0.717) is 12.1 Å². The lowest BCUT2D eigenvalue weighted by Crippen LogP contribution is -2.46. The van der Waals surface area contributed by atoms with Crippen molar-refractivity contribution < 1.29 is 9.59 Å². The molecule has 3 aromatic rings. The van der Waals surface area contributed by atoms with Gasteiger partial charge in [-0.2, -0.15) is 0 Å². The second-order valence-corrected chi connectivity index (χ2v) is 9.12. The summed E-state index contributed by atoms with van der Waals surface area (Å²) in [6.45, 7) is 4.92. The van der Waals surface area contributed by atoms with Crippen LogP contribution in [0, 0.1) is 0 Å². The molecular weight excluding hydrogens is 408 g/mol. The number of piperidine rings is 1. The van der Waals surface area contributed by atoms with Crippen molar-refractivity contribution in [3.63, 3.8) is 0 Å². The van der Waals surface area contributed by atoms with Gasteiger partial charge in [0.25, 0.3) is 5.91 Å². The lowest BCUT2D eigenvalue weighted by atomic mass is 9.70. The van der Waals surface area contributed by atoms with Gasteiger partial charge in [0, 0.05) is 25.7 Å². The minimum atomic E-state index is -0.364. The van der Waals surface area contributed by atoms with Gasteiger partial charge in [0.05, 0.1) is 5.41 Å². The smallest absolute Gasteiger partial charge is 0.253 e. The summed E-state index contributed by atoms with van der Waals surface area (Å²) in [5, 5.41) is 0. The van der Waals surface area contributed by atoms with Gasteiger partial charge in [-0.15, -0.1) is 0 Å². The molecule has 1 aliphatic rings. The van der Waals surface area contributed by atoms with Gasteiger partial charge in [-0.05, 0) is 61.7 Å². The standard InChI is InChI=1S/C29H32N2O2/c1-23(32)29(27-11-7-4-8-12-27)17-19-31(20-18-29)22-25-13-15-26(16-14-25)28(33)30(2)21-24-9-5-3-6-10-24/h3-16H,17-22H2,1-2H3. The monoisotopic (exact) mass is 440 g/mol. The zero-order chi connectivity index (χ0) is 23.3. The highest BCUT2D eigenvalue weighted by Crippen LogP contribution is 2.36. The van der Waals surface area contributed by atoms with Crippen molar-refractivity contribution in [2.24, 2.45) is 0 Å². The molecule has 1 saturated heterocycles. The Morgan fingerprint density at radius 1 is 0.818 bits per heavy atom. The highest BCUT2D eigenvalue weighted by molar-refractivity contribution is 5.94. The Balaban J connectivity index is 1.35. The highest BCUT2D eigenvalue weighted by Gasteiger charge is 2.40. The molecule has 1 fully saturated rings. The maximum atomic E-state index is 12.8. The quantitative estimate of drug-likeness (QED) is 0.514. The number of rotatable bonds is 7. The van der Waals surface area contributed by atoms with Gasteiger partial charge in [0.2, 0.25) is 0 Å². The van der Waals surface area contributed by atoms with E-state index in [-0.39, 0.29) is 17.1 Å². The molecule has 33 heavy (non-hydrogen) atoms. The molecule has 0 N–H and O–H groups in total. The molecule has 1 aliphatic heterocycles. The summed E-state index contributed by atoms with van der Waals surface area (Å²) in [6.07, 6.45) is 1.68. The zero-order valence-electron chi connectivity index (χ0n) is 19.5. The van der Waals surface area contributed by atoms with E-state index in [1.807, 2.05) is 79.8 Å². The molecule has 0 radical (unpaired) electrons. The summed E-state index contributed by atoms with van der Waals surface area (Å²) >= 11 is 0. The first-order chi connectivity index (χ1) is 16.0. The minimum Gasteiger partial charge on any atom is -0.337 e. The molecule has 1 amide bonds. The van der Waals surface area contributed by atoms with Gasteiger partial charge in [0.15, 0.2) is 0 Å². The van der Waals surface area contributed by atoms with Gasteiger partial charge in [0.1, 0.15) is 5.78 Å². The van der Waals surface area contributed by atoms with Crippen molar-refractivity contribution in [2.45, 2.75) is 38.3 Å². The molecule has 3 aromatic carbocycles. The van der Waals surface area contributed by atoms with Crippen LogP contribution in [0.5, 0.6) is 0 Å². The van der Waals surface area contributed by atoms with E-state index in [9.17, 15) is 9.59 Å². The normalized spacial score (nSPS) is 15.7. The number of nitrogens with zero attached hydrogens (tertiary/aromatic N) is 2. The lowest BCUT2D eigenvalue weighted by molar-refractivity contribution is -0.124. The Labute approximate surface area is 196 Å². The first-order valence-corrected chi connectivity index (χ1v) is 11.7. The average molecular weight is 441 g/mol. The fourth-order valence-corrected chi connectivity index (χ4v) is 4.85. The van der Waals surface area contributed by atoms with Crippen molar-refractivity contribution in [1.29, 1.82) is 0 Å². The lowest BCUT2D eigenvalue weighted by Gasteiger charge is -2.40. The zero-order valence-corrected chi connectivity index (χ0v) is 19.5. The van der Waals surface area contributed by atoms with Crippen LogP contribution in [0.4, 0.5) is 0 Å². The SMILES string of the molecule is CC(=O)C1(c2ccccc2)CCN(Cc2ccc(C(=O)N(C)Cc3ccccc3)cc2)CC1. The third-order valence-electron chi connectivity index (χ3n) is 6.93. The topological polar surface area (TPSA) is 40.6 Å². The van der Waals surface area contributed by atoms with Crippen LogP contribution in [0.25, 0.3) is 0 Å². The Morgan fingerprint density at radius 3 is 1.97 bits per heavy atom. The number of benzene rings is 3.